The van der Waals surface area contributed by atoms with Crippen LogP contribution in [0.15, 0.2) is 29.5 Å². The van der Waals surface area contributed by atoms with Crippen molar-refractivity contribution in [2.24, 2.45) is 0 Å². The van der Waals surface area contributed by atoms with E-state index in [1.54, 1.807) is 25.1 Å². The van der Waals surface area contributed by atoms with Gasteiger partial charge in [-0.25, -0.2) is 9.59 Å². The van der Waals surface area contributed by atoms with E-state index < -0.39 is 18.0 Å². The van der Waals surface area contributed by atoms with Crippen LogP contribution in [0, 0.1) is 12.3 Å². The van der Waals surface area contributed by atoms with Crippen LogP contribution in [0.5, 0.6) is 11.5 Å². The summed E-state index contributed by atoms with van der Waals surface area (Å²) in [7, 11) is 2.78. The summed E-state index contributed by atoms with van der Waals surface area (Å²) in [4.78, 5) is 23.9. The van der Waals surface area contributed by atoms with Crippen LogP contribution in [-0.4, -0.2) is 32.8 Å². The SMILES string of the molecule is C#CCOc1ccc(C2NC(=O)NC(C)=C2C(=O)OC)cc1OC. The summed E-state index contributed by atoms with van der Waals surface area (Å²) in [6, 6.07) is 4.00. The van der Waals surface area contributed by atoms with Gasteiger partial charge in [-0.1, -0.05) is 12.0 Å². The van der Waals surface area contributed by atoms with Crippen LogP contribution < -0.4 is 20.1 Å². The number of hydrogen-bond donors (Lipinski definition) is 2. The average molecular weight is 330 g/mol. The molecule has 1 aromatic carbocycles. The molecule has 7 nitrogen and oxygen atoms in total. The fourth-order valence-corrected chi connectivity index (χ4v) is 2.43. The first-order valence-electron chi connectivity index (χ1n) is 7.12. The fourth-order valence-electron chi connectivity index (χ4n) is 2.43. The van der Waals surface area contributed by atoms with Crippen molar-refractivity contribution in [2.75, 3.05) is 20.8 Å². The first-order chi connectivity index (χ1) is 11.5. The van der Waals surface area contributed by atoms with E-state index in [4.69, 9.17) is 20.6 Å². The first-order valence-corrected chi connectivity index (χ1v) is 7.12. The van der Waals surface area contributed by atoms with Crippen LogP contribution in [0.1, 0.15) is 18.5 Å². The van der Waals surface area contributed by atoms with E-state index in [0.29, 0.717) is 28.3 Å². The summed E-state index contributed by atoms with van der Waals surface area (Å²) in [6.45, 7) is 1.74. The highest BCUT2D eigenvalue weighted by atomic mass is 16.5. The van der Waals surface area contributed by atoms with Gasteiger partial charge in [-0.2, -0.15) is 0 Å². The molecular weight excluding hydrogens is 312 g/mol. The standard InChI is InChI=1S/C17H18N2O5/c1-5-8-24-12-7-6-11(9-13(12)22-3)15-14(16(20)23-4)10(2)18-17(21)19-15/h1,6-7,9,15H,8H2,2-4H3,(H2,18,19,21). The van der Waals surface area contributed by atoms with Crippen LogP contribution in [0.3, 0.4) is 0 Å². The lowest BCUT2D eigenvalue weighted by atomic mass is 9.95. The van der Waals surface area contributed by atoms with Crippen molar-refractivity contribution >= 4 is 12.0 Å². The third kappa shape index (κ3) is 3.43. The number of nitrogens with one attached hydrogen (secondary N) is 2. The van der Waals surface area contributed by atoms with Gasteiger partial charge >= 0.3 is 12.0 Å². The van der Waals surface area contributed by atoms with Crippen molar-refractivity contribution in [2.45, 2.75) is 13.0 Å². The maximum absolute atomic E-state index is 12.1. The first kappa shape index (κ1) is 17.2. The molecule has 0 fully saturated rings. The third-order valence-corrected chi connectivity index (χ3v) is 3.51. The van der Waals surface area contributed by atoms with Crippen molar-refractivity contribution in [1.82, 2.24) is 10.6 Å². The normalized spacial score (nSPS) is 16.6. The Morgan fingerprint density at radius 2 is 2.08 bits per heavy atom. The van der Waals surface area contributed by atoms with Gasteiger partial charge in [0.05, 0.1) is 25.8 Å². The summed E-state index contributed by atoms with van der Waals surface area (Å²) in [5.41, 5.74) is 1.40. The van der Waals surface area contributed by atoms with Crippen LogP contribution >= 0.6 is 0 Å². The lowest BCUT2D eigenvalue weighted by Gasteiger charge is -2.28. The van der Waals surface area contributed by atoms with E-state index in [1.165, 1.54) is 14.2 Å². The Morgan fingerprint density at radius 1 is 1.33 bits per heavy atom. The zero-order chi connectivity index (χ0) is 17.7. The summed E-state index contributed by atoms with van der Waals surface area (Å²) >= 11 is 0. The molecular formula is C17H18N2O5. The highest BCUT2D eigenvalue weighted by Crippen LogP contribution is 2.34. The molecule has 24 heavy (non-hydrogen) atoms. The number of rotatable bonds is 5. The number of methoxy groups -OCH3 is 2. The van der Waals surface area contributed by atoms with Gasteiger partial charge in [-0.05, 0) is 24.6 Å². The van der Waals surface area contributed by atoms with Gasteiger partial charge in [0.1, 0.15) is 6.61 Å². The number of terminal acetylenes is 1. The summed E-state index contributed by atoms with van der Waals surface area (Å²) in [5, 5.41) is 5.27. The average Bonchev–Trinajstić information content (AvgIpc) is 2.58. The van der Waals surface area contributed by atoms with E-state index in [1.807, 2.05) is 0 Å². The molecule has 2 amide bonds. The molecule has 1 heterocycles. The molecule has 2 rings (SSSR count). The van der Waals surface area contributed by atoms with Gasteiger partial charge in [-0.15, -0.1) is 6.42 Å². The van der Waals surface area contributed by atoms with Gasteiger partial charge in [0.25, 0.3) is 0 Å². The van der Waals surface area contributed by atoms with Crippen molar-refractivity contribution in [1.29, 1.82) is 0 Å². The van der Waals surface area contributed by atoms with Gasteiger partial charge in [0, 0.05) is 5.70 Å². The lowest BCUT2D eigenvalue weighted by Crippen LogP contribution is -2.45. The minimum atomic E-state index is -0.665. The van der Waals surface area contributed by atoms with Crippen LogP contribution in [0.2, 0.25) is 0 Å². The van der Waals surface area contributed by atoms with Crippen molar-refractivity contribution in [3.05, 3.63) is 35.0 Å². The molecule has 1 aromatic rings. The summed E-state index contributed by atoms with van der Waals surface area (Å²) in [6.07, 6.45) is 5.18. The smallest absolute Gasteiger partial charge is 0.337 e. The topological polar surface area (TPSA) is 85.9 Å². The van der Waals surface area contributed by atoms with E-state index in [-0.39, 0.29) is 6.61 Å². The Labute approximate surface area is 140 Å². The molecule has 1 aliphatic heterocycles. The highest BCUT2D eigenvalue weighted by Gasteiger charge is 2.32. The van der Waals surface area contributed by atoms with Gasteiger partial charge in [0.15, 0.2) is 11.5 Å². The molecule has 7 heteroatoms. The minimum absolute atomic E-state index is 0.103. The molecule has 0 bridgehead atoms. The molecule has 2 N–H and O–H groups in total. The molecule has 0 saturated carbocycles. The number of hydrogen-bond acceptors (Lipinski definition) is 5. The van der Waals surface area contributed by atoms with Crippen LogP contribution in [-0.2, 0) is 9.53 Å². The Balaban J connectivity index is 2.45. The second-order valence-electron chi connectivity index (χ2n) is 4.96. The van der Waals surface area contributed by atoms with E-state index in [9.17, 15) is 9.59 Å². The van der Waals surface area contributed by atoms with E-state index in [0.717, 1.165) is 0 Å². The minimum Gasteiger partial charge on any atom is -0.493 e. The van der Waals surface area contributed by atoms with Crippen molar-refractivity contribution in [3.8, 4) is 23.8 Å². The van der Waals surface area contributed by atoms with E-state index >= 15 is 0 Å². The second-order valence-corrected chi connectivity index (χ2v) is 4.96. The number of amides is 2. The maximum Gasteiger partial charge on any atom is 0.337 e. The fraction of sp³-hybridized carbons (Fsp3) is 0.294. The second kappa shape index (κ2) is 7.42. The van der Waals surface area contributed by atoms with Crippen molar-refractivity contribution in [3.63, 3.8) is 0 Å². The zero-order valence-electron chi connectivity index (χ0n) is 13.6. The number of carbonyl (C=O) groups is 2. The zero-order valence-corrected chi connectivity index (χ0v) is 13.6. The largest absolute Gasteiger partial charge is 0.493 e. The molecule has 0 saturated heterocycles. The molecule has 0 aliphatic carbocycles. The Morgan fingerprint density at radius 3 is 2.71 bits per heavy atom. The maximum atomic E-state index is 12.1. The van der Waals surface area contributed by atoms with Gasteiger partial charge in [-0.3, -0.25) is 0 Å². The molecule has 0 radical (unpaired) electrons. The number of ether oxygens (including phenoxy) is 3. The quantitative estimate of drug-likeness (QED) is 0.631. The predicted octanol–water partition coefficient (Wildman–Crippen LogP) is 1.51. The summed E-state index contributed by atoms with van der Waals surface area (Å²) < 4.78 is 15.5. The Hall–Kier alpha value is -3.14. The van der Waals surface area contributed by atoms with Gasteiger partial charge < -0.3 is 24.8 Å². The van der Waals surface area contributed by atoms with Crippen molar-refractivity contribution < 1.29 is 23.8 Å². The van der Waals surface area contributed by atoms with E-state index in [2.05, 4.69) is 16.6 Å². The highest BCUT2D eigenvalue weighted by molar-refractivity contribution is 5.94. The molecule has 0 aromatic heterocycles. The lowest BCUT2D eigenvalue weighted by molar-refractivity contribution is -0.136. The Kier molecular flexibility index (Phi) is 5.32. The molecule has 1 aliphatic rings. The monoisotopic (exact) mass is 330 g/mol. The molecule has 1 atom stereocenters. The third-order valence-electron chi connectivity index (χ3n) is 3.51. The summed E-state index contributed by atoms with van der Waals surface area (Å²) in [5.74, 6) is 2.76. The van der Waals surface area contributed by atoms with Crippen LogP contribution in [0.4, 0.5) is 4.79 Å². The number of benzene rings is 1. The number of allylic oxidation sites excluding steroid dienone is 1. The molecule has 0 spiro atoms. The van der Waals surface area contributed by atoms with Crippen LogP contribution in [0.25, 0.3) is 0 Å². The number of carbonyl (C=O) groups excluding carboxylic acids is 2. The van der Waals surface area contributed by atoms with Gasteiger partial charge in [0.2, 0.25) is 0 Å². The molecule has 126 valence electrons. The molecule has 1 unspecified atom stereocenters. The Bertz CT molecular complexity index is 733. The predicted molar refractivity (Wildman–Crippen MR) is 86.4 cm³/mol. The number of urea groups is 1. The number of esters is 1.